The molecule has 4 rings (SSSR count). The van der Waals surface area contributed by atoms with Crippen LogP contribution in [0.2, 0.25) is 0 Å². The second-order valence-electron chi connectivity index (χ2n) is 6.83. The zero-order valence-electron chi connectivity index (χ0n) is 16.9. The zero-order chi connectivity index (χ0) is 22.3. The van der Waals surface area contributed by atoms with Gasteiger partial charge in [0.2, 0.25) is 0 Å². The number of benzene rings is 3. The Labute approximate surface area is 193 Å². The highest BCUT2D eigenvalue weighted by molar-refractivity contribution is 9.10. The minimum Gasteiger partial charge on any atom is -0.454 e. The van der Waals surface area contributed by atoms with Crippen LogP contribution in [-0.4, -0.2) is 33.4 Å². The molecule has 0 aliphatic heterocycles. The number of Topliss-reactive ketones (excluding diaryl/α,β-unsaturated/α-hetero) is 1. The molecule has 4 aromatic rings. The third-order valence-corrected chi connectivity index (χ3v) is 5.38. The average molecular weight is 488 g/mol. The molecule has 0 aliphatic rings. The second kappa shape index (κ2) is 9.98. The summed E-state index contributed by atoms with van der Waals surface area (Å²) >= 11 is 3.55. The molecule has 0 atom stereocenters. The van der Waals surface area contributed by atoms with E-state index in [9.17, 15) is 9.59 Å². The normalized spacial score (nSPS) is 10.9. The fourth-order valence-electron chi connectivity index (χ4n) is 3.06. The summed E-state index contributed by atoms with van der Waals surface area (Å²) in [7, 11) is 0. The highest BCUT2D eigenvalue weighted by atomic mass is 79.9. The first-order valence-electron chi connectivity index (χ1n) is 9.81. The van der Waals surface area contributed by atoms with Crippen LogP contribution in [0.25, 0.3) is 23.0 Å². The molecule has 1 heterocycles. The van der Waals surface area contributed by atoms with Gasteiger partial charge < -0.3 is 4.74 Å². The highest BCUT2D eigenvalue weighted by Crippen LogP contribution is 2.28. The topological polar surface area (TPSA) is 74.1 Å². The van der Waals surface area contributed by atoms with Gasteiger partial charge in [-0.25, -0.2) is 9.48 Å². The molecule has 7 heteroatoms. The van der Waals surface area contributed by atoms with Crippen LogP contribution in [0.4, 0.5) is 0 Å². The summed E-state index contributed by atoms with van der Waals surface area (Å²) in [5, 5.41) is 8.19. The molecule has 32 heavy (non-hydrogen) atoms. The van der Waals surface area contributed by atoms with Gasteiger partial charge in [-0.2, -0.15) is 0 Å². The van der Waals surface area contributed by atoms with Crippen LogP contribution in [0.1, 0.15) is 15.9 Å². The molecular formula is C25H18BrN3O3. The summed E-state index contributed by atoms with van der Waals surface area (Å²) in [6, 6.07) is 24.1. The third kappa shape index (κ3) is 5.07. The Morgan fingerprint density at radius 1 is 0.938 bits per heavy atom. The van der Waals surface area contributed by atoms with E-state index < -0.39 is 5.97 Å². The van der Waals surface area contributed by atoms with E-state index in [-0.39, 0.29) is 12.4 Å². The van der Waals surface area contributed by atoms with Crippen molar-refractivity contribution in [2.75, 3.05) is 6.61 Å². The molecule has 0 unspecified atom stereocenters. The Hall–Kier alpha value is -3.84. The van der Waals surface area contributed by atoms with E-state index in [4.69, 9.17) is 4.74 Å². The lowest BCUT2D eigenvalue weighted by atomic mass is 10.1. The molecule has 158 valence electrons. The predicted molar refractivity (Wildman–Crippen MR) is 125 cm³/mol. The Morgan fingerprint density at radius 2 is 1.66 bits per heavy atom. The molecule has 0 fully saturated rings. The first-order valence-corrected chi connectivity index (χ1v) is 10.6. The van der Waals surface area contributed by atoms with Crippen LogP contribution < -0.4 is 0 Å². The monoisotopic (exact) mass is 487 g/mol. The molecule has 0 amide bonds. The molecule has 0 saturated carbocycles. The van der Waals surface area contributed by atoms with Gasteiger partial charge in [0.05, 0.1) is 17.6 Å². The lowest BCUT2D eigenvalue weighted by Crippen LogP contribution is -2.12. The van der Waals surface area contributed by atoms with E-state index in [0.717, 1.165) is 27.0 Å². The second-order valence-corrected chi connectivity index (χ2v) is 7.69. The van der Waals surface area contributed by atoms with E-state index in [2.05, 4.69) is 26.2 Å². The van der Waals surface area contributed by atoms with E-state index >= 15 is 0 Å². The molecule has 0 aliphatic carbocycles. The summed E-state index contributed by atoms with van der Waals surface area (Å²) in [4.78, 5) is 24.3. The van der Waals surface area contributed by atoms with Crippen LogP contribution in [0.3, 0.4) is 0 Å². The Kier molecular flexibility index (Phi) is 6.67. The molecule has 6 nitrogen and oxygen atoms in total. The molecular weight excluding hydrogens is 470 g/mol. The largest absolute Gasteiger partial charge is 0.454 e. The van der Waals surface area contributed by atoms with Crippen molar-refractivity contribution in [1.82, 2.24) is 15.0 Å². The van der Waals surface area contributed by atoms with Gasteiger partial charge in [-0.1, -0.05) is 69.7 Å². The zero-order valence-corrected chi connectivity index (χ0v) is 18.5. The van der Waals surface area contributed by atoms with Crippen molar-refractivity contribution >= 4 is 33.8 Å². The lowest BCUT2D eigenvalue weighted by molar-refractivity contribution is -0.136. The van der Waals surface area contributed by atoms with Crippen molar-refractivity contribution in [3.05, 3.63) is 107 Å². The van der Waals surface area contributed by atoms with Gasteiger partial charge in [-0.15, -0.1) is 5.10 Å². The number of aromatic nitrogens is 3. The summed E-state index contributed by atoms with van der Waals surface area (Å²) in [5.41, 5.74) is 3.84. The average Bonchev–Trinajstić information content (AvgIpc) is 3.32. The standard InChI is InChI=1S/C25H18BrN3O3/c26-22-9-5-4-8-21(22)23-16-27-28-29(23)20-13-11-19(12-14-20)24(30)17-32-25(31)15-10-18-6-2-1-3-7-18/h1-16H,17H2/b15-10+. The van der Waals surface area contributed by atoms with Crippen molar-refractivity contribution in [3.8, 4) is 16.9 Å². The number of esters is 1. The van der Waals surface area contributed by atoms with Crippen LogP contribution >= 0.6 is 15.9 Å². The molecule has 0 N–H and O–H groups in total. The van der Waals surface area contributed by atoms with Crippen LogP contribution in [0, 0.1) is 0 Å². The third-order valence-electron chi connectivity index (χ3n) is 4.69. The maximum Gasteiger partial charge on any atom is 0.331 e. The van der Waals surface area contributed by atoms with Gasteiger partial charge in [0.25, 0.3) is 0 Å². The van der Waals surface area contributed by atoms with Crippen LogP contribution in [-0.2, 0) is 9.53 Å². The minimum absolute atomic E-state index is 0.289. The van der Waals surface area contributed by atoms with Gasteiger partial charge in [0.1, 0.15) is 0 Å². The van der Waals surface area contributed by atoms with Crippen molar-refractivity contribution in [3.63, 3.8) is 0 Å². The minimum atomic E-state index is -0.570. The van der Waals surface area contributed by atoms with Crippen LogP contribution in [0.15, 0.2) is 95.6 Å². The van der Waals surface area contributed by atoms with Crippen LogP contribution in [0.5, 0.6) is 0 Å². The number of hydrogen-bond donors (Lipinski definition) is 0. The number of carbonyl (C=O) groups excluding carboxylic acids is 2. The highest BCUT2D eigenvalue weighted by Gasteiger charge is 2.13. The van der Waals surface area contributed by atoms with Gasteiger partial charge >= 0.3 is 5.97 Å². The summed E-state index contributed by atoms with van der Waals surface area (Å²) < 4.78 is 7.69. The van der Waals surface area contributed by atoms with Gasteiger partial charge in [0, 0.05) is 21.7 Å². The maximum absolute atomic E-state index is 12.4. The summed E-state index contributed by atoms with van der Waals surface area (Å²) in [6.07, 6.45) is 4.63. The maximum atomic E-state index is 12.4. The number of ketones is 1. The fourth-order valence-corrected chi connectivity index (χ4v) is 3.55. The Morgan fingerprint density at radius 3 is 2.41 bits per heavy atom. The quantitative estimate of drug-likeness (QED) is 0.205. The van der Waals surface area contributed by atoms with E-state index in [1.807, 2.05) is 54.6 Å². The number of halogens is 1. The molecule has 0 saturated heterocycles. The Bertz CT molecular complexity index is 1270. The lowest BCUT2D eigenvalue weighted by Gasteiger charge is -2.09. The van der Waals surface area contributed by atoms with Crippen molar-refractivity contribution in [2.24, 2.45) is 0 Å². The van der Waals surface area contributed by atoms with Gasteiger partial charge in [-0.05, 0) is 42.0 Å². The Balaban J connectivity index is 1.41. The first-order chi connectivity index (χ1) is 15.6. The van der Waals surface area contributed by atoms with Gasteiger partial charge in [0.15, 0.2) is 12.4 Å². The predicted octanol–water partition coefficient (Wildman–Crippen LogP) is 5.14. The van der Waals surface area contributed by atoms with E-state index in [1.165, 1.54) is 6.08 Å². The number of ether oxygens (including phenoxy) is 1. The molecule has 1 aromatic heterocycles. The van der Waals surface area contributed by atoms with E-state index in [0.29, 0.717) is 5.56 Å². The van der Waals surface area contributed by atoms with Crippen molar-refractivity contribution < 1.29 is 14.3 Å². The molecule has 0 spiro atoms. The molecule has 0 radical (unpaired) electrons. The first kappa shape index (κ1) is 21.4. The SMILES string of the molecule is O=C(/C=C/c1ccccc1)OCC(=O)c1ccc(-n2nncc2-c2ccccc2Br)cc1. The van der Waals surface area contributed by atoms with E-state index in [1.54, 1.807) is 41.2 Å². The van der Waals surface area contributed by atoms with Gasteiger partial charge in [-0.3, -0.25) is 4.79 Å². The fraction of sp³-hybridized carbons (Fsp3) is 0.0400. The summed E-state index contributed by atoms with van der Waals surface area (Å²) in [5.74, 6) is -0.859. The van der Waals surface area contributed by atoms with Crippen molar-refractivity contribution in [2.45, 2.75) is 0 Å². The number of hydrogen-bond acceptors (Lipinski definition) is 5. The number of carbonyl (C=O) groups is 2. The number of nitrogens with zero attached hydrogens (tertiary/aromatic N) is 3. The van der Waals surface area contributed by atoms with Crippen molar-refractivity contribution in [1.29, 1.82) is 0 Å². The molecule has 0 bridgehead atoms. The summed E-state index contributed by atoms with van der Waals surface area (Å²) in [6.45, 7) is -0.331. The molecule has 3 aromatic carbocycles. The number of rotatable bonds is 7. The smallest absolute Gasteiger partial charge is 0.331 e.